The fraction of sp³-hybridized carbons (Fsp3) is 0.350. The van der Waals surface area contributed by atoms with Crippen molar-refractivity contribution in [2.45, 2.75) is 31.9 Å². The lowest BCUT2D eigenvalue weighted by Crippen LogP contribution is -2.37. The molecule has 0 heterocycles. The van der Waals surface area contributed by atoms with Gasteiger partial charge in [-0.2, -0.15) is 0 Å². The van der Waals surface area contributed by atoms with Crippen LogP contribution in [0.15, 0.2) is 48.5 Å². The third kappa shape index (κ3) is 4.04. The standard InChI is InChI=1S/C20H21F2NO2/c1-12(13-5-3-2-4-6-13)23-20(25)18(14-7-8-14)19(24)15-9-10-16(21)17(22)11-15/h2-6,9-12,14,18-19,24H,7-8H2,1H3,(H,23,25)/t12-,18?,19?/m1/s1. The van der Waals surface area contributed by atoms with Gasteiger partial charge in [0.25, 0.3) is 0 Å². The summed E-state index contributed by atoms with van der Waals surface area (Å²) in [6.07, 6.45) is 0.530. The molecule has 2 aromatic carbocycles. The number of aliphatic hydroxyl groups is 1. The van der Waals surface area contributed by atoms with Crippen LogP contribution >= 0.6 is 0 Å². The predicted octanol–water partition coefficient (Wildman–Crippen LogP) is 3.90. The zero-order valence-electron chi connectivity index (χ0n) is 14.0. The molecule has 3 nitrogen and oxygen atoms in total. The Balaban J connectivity index is 1.76. The van der Waals surface area contributed by atoms with E-state index in [2.05, 4.69) is 5.32 Å². The summed E-state index contributed by atoms with van der Waals surface area (Å²) in [6.45, 7) is 1.88. The van der Waals surface area contributed by atoms with Gasteiger partial charge in [-0.05, 0) is 48.9 Å². The average Bonchev–Trinajstić information content (AvgIpc) is 3.43. The lowest BCUT2D eigenvalue weighted by Gasteiger charge is -2.25. The van der Waals surface area contributed by atoms with Crippen LogP contribution in [0.2, 0.25) is 0 Å². The maximum Gasteiger partial charge on any atom is 0.226 e. The Morgan fingerprint density at radius 1 is 1.08 bits per heavy atom. The number of nitrogens with one attached hydrogen (secondary N) is 1. The van der Waals surface area contributed by atoms with Crippen LogP contribution in [0.5, 0.6) is 0 Å². The highest BCUT2D eigenvalue weighted by Crippen LogP contribution is 2.43. The molecular weight excluding hydrogens is 324 g/mol. The molecule has 5 heteroatoms. The Morgan fingerprint density at radius 3 is 2.36 bits per heavy atom. The molecule has 0 spiro atoms. The van der Waals surface area contributed by atoms with Crippen molar-refractivity contribution in [3.05, 3.63) is 71.3 Å². The van der Waals surface area contributed by atoms with Gasteiger partial charge >= 0.3 is 0 Å². The monoisotopic (exact) mass is 345 g/mol. The quantitative estimate of drug-likeness (QED) is 0.834. The van der Waals surface area contributed by atoms with Crippen LogP contribution in [0.25, 0.3) is 0 Å². The molecule has 1 amide bonds. The maximum absolute atomic E-state index is 13.5. The summed E-state index contributed by atoms with van der Waals surface area (Å²) >= 11 is 0. The average molecular weight is 345 g/mol. The minimum atomic E-state index is -1.16. The van der Waals surface area contributed by atoms with Gasteiger partial charge in [-0.15, -0.1) is 0 Å². The molecule has 1 fully saturated rings. The van der Waals surface area contributed by atoms with Gasteiger partial charge in [0.05, 0.1) is 18.1 Å². The van der Waals surface area contributed by atoms with Crippen molar-refractivity contribution in [1.82, 2.24) is 5.32 Å². The van der Waals surface area contributed by atoms with Crippen molar-refractivity contribution in [2.24, 2.45) is 11.8 Å². The van der Waals surface area contributed by atoms with Crippen molar-refractivity contribution in [1.29, 1.82) is 0 Å². The van der Waals surface area contributed by atoms with E-state index >= 15 is 0 Å². The number of amides is 1. The number of benzene rings is 2. The third-order valence-corrected chi connectivity index (χ3v) is 4.72. The lowest BCUT2D eigenvalue weighted by molar-refractivity contribution is -0.130. The van der Waals surface area contributed by atoms with Crippen LogP contribution in [0.1, 0.15) is 43.0 Å². The number of carbonyl (C=O) groups is 1. The molecule has 25 heavy (non-hydrogen) atoms. The Hall–Kier alpha value is -2.27. The first-order chi connectivity index (χ1) is 12.0. The largest absolute Gasteiger partial charge is 0.388 e. The van der Waals surface area contributed by atoms with Crippen molar-refractivity contribution < 1.29 is 18.7 Å². The van der Waals surface area contributed by atoms with E-state index in [-0.39, 0.29) is 23.4 Å². The molecule has 0 saturated heterocycles. The Bertz CT molecular complexity index is 747. The molecule has 1 aliphatic rings. The molecule has 0 radical (unpaired) electrons. The maximum atomic E-state index is 13.5. The molecule has 3 atom stereocenters. The second kappa shape index (κ2) is 7.31. The van der Waals surface area contributed by atoms with Crippen LogP contribution < -0.4 is 5.32 Å². The molecule has 1 saturated carbocycles. The minimum absolute atomic E-state index is 0.0612. The fourth-order valence-electron chi connectivity index (χ4n) is 3.11. The first kappa shape index (κ1) is 17.5. The normalized spacial score (nSPS) is 17.6. The van der Waals surface area contributed by atoms with Crippen LogP contribution in [0.4, 0.5) is 8.78 Å². The van der Waals surface area contributed by atoms with Crippen molar-refractivity contribution >= 4 is 5.91 Å². The first-order valence-electron chi connectivity index (χ1n) is 8.45. The highest BCUT2D eigenvalue weighted by molar-refractivity contribution is 5.80. The van der Waals surface area contributed by atoms with Gasteiger partial charge in [-0.1, -0.05) is 36.4 Å². The molecular formula is C20H21F2NO2. The minimum Gasteiger partial charge on any atom is -0.388 e. The summed E-state index contributed by atoms with van der Waals surface area (Å²) < 4.78 is 26.6. The SMILES string of the molecule is C[C@@H](NC(=O)C(C1CC1)C(O)c1ccc(F)c(F)c1)c1ccccc1. The number of aliphatic hydroxyl groups excluding tert-OH is 1. The summed E-state index contributed by atoms with van der Waals surface area (Å²) in [5, 5.41) is 13.5. The van der Waals surface area contributed by atoms with E-state index in [0.717, 1.165) is 30.5 Å². The van der Waals surface area contributed by atoms with Crippen LogP contribution in [-0.4, -0.2) is 11.0 Å². The zero-order valence-corrected chi connectivity index (χ0v) is 14.0. The highest BCUT2D eigenvalue weighted by atomic mass is 19.2. The Kier molecular flexibility index (Phi) is 5.13. The van der Waals surface area contributed by atoms with E-state index in [1.807, 2.05) is 37.3 Å². The van der Waals surface area contributed by atoms with Crippen molar-refractivity contribution in [2.75, 3.05) is 0 Å². The fourth-order valence-corrected chi connectivity index (χ4v) is 3.11. The summed E-state index contributed by atoms with van der Waals surface area (Å²) in [6, 6.07) is 12.6. The van der Waals surface area contributed by atoms with E-state index in [1.54, 1.807) is 0 Å². The second-order valence-corrected chi connectivity index (χ2v) is 6.62. The Labute approximate surface area is 145 Å². The number of carbonyl (C=O) groups excluding carboxylic acids is 1. The molecule has 3 rings (SSSR count). The number of hydrogen-bond donors (Lipinski definition) is 2. The van der Waals surface area contributed by atoms with Gasteiger partial charge in [-0.3, -0.25) is 4.79 Å². The number of hydrogen-bond acceptors (Lipinski definition) is 2. The lowest BCUT2D eigenvalue weighted by atomic mass is 9.90. The summed E-state index contributed by atoms with van der Waals surface area (Å²) in [5.74, 6) is -2.87. The van der Waals surface area contributed by atoms with Crippen LogP contribution in [0, 0.1) is 23.5 Å². The van der Waals surface area contributed by atoms with Gasteiger partial charge in [0.2, 0.25) is 5.91 Å². The molecule has 2 aromatic rings. The van der Waals surface area contributed by atoms with Crippen LogP contribution in [0.3, 0.4) is 0 Å². The van der Waals surface area contributed by atoms with E-state index in [9.17, 15) is 18.7 Å². The van der Waals surface area contributed by atoms with Crippen LogP contribution in [-0.2, 0) is 4.79 Å². The zero-order chi connectivity index (χ0) is 18.0. The summed E-state index contributed by atoms with van der Waals surface area (Å²) in [5.41, 5.74) is 1.19. The van der Waals surface area contributed by atoms with Gasteiger partial charge < -0.3 is 10.4 Å². The van der Waals surface area contributed by atoms with E-state index < -0.39 is 23.7 Å². The molecule has 2 N–H and O–H groups in total. The van der Waals surface area contributed by atoms with Gasteiger partial charge in [0, 0.05) is 0 Å². The Morgan fingerprint density at radius 2 is 1.76 bits per heavy atom. The van der Waals surface area contributed by atoms with E-state index in [0.29, 0.717) is 0 Å². The molecule has 1 aliphatic carbocycles. The summed E-state index contributed by atoms with van der Waals surface area (Å²) in [7, 11) is 0. The number of rotatable bonds is 6. The van der Waals surface area contributed by atoms with E-state index in [1.165, 1.54) is 6.07 Å². The predicted molar refractivity (Wildman–Crippen MR) is 90.5 cm³/mol. The molecule has 132 valence electrons. The second-order valence-electron chi connectivity index (χ2n) is 6.62. The molecule has 0 aliphatic heterocycles. The van der Waals surface area contributed by atoms with Crippen molar-refractivity contribution in [3.8, 4) is 0 Å². The van der Waals surface area contributed by atoms with Gasteiger partial charge in [0.1, 0.15) is 0 Å². The topological polar surface area (TPSA) is 49.3 Å². The third-order valence-electron chi connectivity index (χ3n) is 4.72. The molecule has 0 bridgehead atoms. The first-order valence-corrected chi connectivity index (χ1v) is 8.45. The highest BCUT2D eigenvalue weighted by Gasteiger charge is 2.41. The van der Waals surface area contributed by atoms with Crippen molar-refractivity contribution in [3.63, 3.8) is 0 Å². The molecule has 2 unspecified atom stereocenters. The smallest absolute Gasteiger partial charge is 0.226 e. The van der Waals surface area contributed by atoms with E-state index in [4.69, 9.17) is 0 Å². The van der Waals surface area contributed by atoms with Gasteiger partial charge in [-0.25, -0.2) is 8.78 Å². The molecule has 0 aromatic heterocycles. The summed E-state index contributed by atoms with van der Waals surface area (Å²) in [4.78, 5) is 12.7. The van der Waals surface area contributed by atoms with Gasteiger partial charge in [0.15, 0.2) is 11.6 Å². The number of halogens is 2.